The second-order valence-corrected chi connectivity index (χ2v) is 9.59. The van der Waals surface area contributed by atoms with Crippen LogP contribution in [-0.4, -0.2) is 45.7 Å². The average Bonchev–Trinajstić information content (AvgIpc) is 3.31. The lowest BCUT2D eigenvalue weighted by Gasteiger charge is -2.31. The summed E-state index contributed by atoms with van der Waals surface area (Å²) in [4.78, 5) is 4.86. The molecule has 3 heterocycles. The second-order valence-electron chi connectivity index (χ2n) is 7.71. The van der Waals surface area contributed by atoms with Gasteiger partial charge in [0.2, 0.25) is 15.9 Å². The zero-order valence-electron chi connectivity index (χ0n) is 16.2. The molecule has 0 bridgehead atoms. The molecule has 1 aliphatic heterocycles. The fourth-order valence-electron chi connectivity index (χ4n) is 4.01. The summed E-state index contributed by atoms with van der Waals surface area (Å²) in [6.07, 6.45) is 4.72. The fourth-order valence-corrected chi connectivity index (χ4v) is 5.94. The van der Waals surface area contributed by atoms with Crippen LogP contribution in [0.5, 0.6) is 0 Å². The van der Waals surface area contributed by atoms with Crippen molar-refractivity contribution in [2.45, 2.75) is 70.2 Å². The number of hydrogen-bond acceptors (Lipinski definition) is 6. The van der Waals surface area contributed by atoms with Gasteiger partial charge < -0.3 is 4.52 Å². The highest BCUT2D eigenvalue weighted by Crippen LogP contribution is 2.38. The molecule has 0 unspecified atom stereocenters. The van der Waals surface area contributed by atoms with Crippen LogP contribution in [0, 0.1) is 19.8 Å². The van der Waals surface area contributed by atoms with Crippen LogP contribution in [0.1, 0.15) is 61.6 Å². The normalized spacial score (nSPS) is 21.7. The first-order chi connectivity index (χ1) is 12.9. The molecule has 27 heavy (non-hydrogen) atoms. The first-order valence-corrected chi connectivity index (χ1v) is 11.2. The Labute approximate surface area is 160 Å². The minimum atomic E-state index is -3.55. The zero-order chi connectivity index (χ0) is 19.2. The Bertz CT molecular complexity index is 929. The third-order valence-electron chi connectivity index (χ3n) is 5.58. The summed E-state index contributed by atoms with van der Waals surface area (Å²) in [6, 6.07) is 0. The molecule has 0 aromatic carbocycles. The van der Waals surface area contributed by atoms with Gasteiger partial charge in [-0.25, -0.2) is 8.42 Å². The minimum Gasteiger partial charge on any atom is -0.339 e. The maximum atomic E-state index is 13.3. The van der Waals surface area contributed by atoms with Crippen LogP contribution in [0.4, 0.5) is 0 Å². The Morgan fingerprint density at radius 2 is 2.00 bits per heavy atom. The van der Waals surface area contributed by atoms with E-state index in [0.717, 1.165) is 31.5 Å². The van der Waals surface area contributed by atoms with Crippen molar-refractivity contribution in [2.24, 2.45) is 5.92 Å². The fraction of sp³-hybridized carbons (Fsp3) is 0.722. The summed E-state index contributed by atoms with van der Waals surface area (Å²) in [5, 5.41) is 8.44. The first kappa shape index (κ1) is 18.6. The summed E-state index contributed by atoms with van der Waals surface area (Å²) in [7, 11) is -3.55. The van der Waals surface area contributed by atoms with Crippen LogP contribution < -0.4 is 0 Å². The highest BCUT2D eigenvalue weighted by atomic mass is 32.2. The second kappa shape index (κ2) is 7.01. The predicted octanol–water partition coefficient (Wildman–Crippen LogP) is 2.42. The standard InChI is InChI=1S/C18H27N5O3S/c1-4-23-13(3)17(12(2)20-23)27(24,25)22-9-5-6-14(11-22)10-16-19-18(21-26-16)15-7-8-15/h14-15H,4-11H2,1-3H3/t14-/m1/s1. The van der Waals surface area contributed by atoms with E-state index in [1.165, 1.54) is 0 Å². The van der Waals surface area contributed by atoms with E-state index in [-0.39, 0.29) is 5.92 Å². The summed E-state index contributed by atoms with van der Waals surface area (Å²) in [6.45, 7) is 7.26. The van der Waals surface area contributed by atoms with Crippen molar-refractivity contribution < 1.29 is 12.9 Å². The average molecular weight is 394 g/mol. The summed E-state index contributed by atoms with van der Waals surface area (Å²) in [5.41, 5.74) is 1.28. The lowest BCUT2D eigenvalue weighted by atomic mass is 9.96. The molecular formula is C18H27N5O3S. The van der Waals surface area contributed by atoms with Gasteiger partial charge in [0.05, 0.1) is 11.4 Å². The van der Waals surface area contributed by atoms with Gasteiger partial charge in [-0.15, -0.1) is 0 Å². The number of aryl methyl sites for hydroxylation is 2. The van der Waals surface area contributed by atoms with E-state index < -0.39 is 10.0 Å². The molecule has 0 radical (unpaired) electrons. The van der Waals surface area contributed by atoms with E-state index in [1.807, 2.05) is 13.8 Å². The molecule has 1 atom stereocenters. The van der Waals surface area contributed by atoms with Crippen LogP contribution in [0.3, 0.4) is 0 Å². The molecule has 1 saturated heterocycles. The molecule has 2 aliphatic rings. The highest BCUT2D eigenvalue weighted by Gasteiger charge is 2.35. The molecule has 2 fully saturated rings. The van der Waals surface area contributed by atoms with E-state index in [0.29, 0.717) is 54.1 Å². The van der Waals surface area contributed by atoms with Gasteiger partial charge >= 0.3 is 0 Å². The minimum absolute atomic E-state index is 0.197. The SMILES string of the molecule is CCn1nc(C)c(S(=O)(=O)N2CCC[C@H](Cc3nc(C4CC4)no3)C2)c1C. The number of sulfonamides is 1. The smallest absolute Gasteiger partial charge is 0.246 e. The van der Waals surface area contributed by atoms with Crippen molar-refractivity contribution in [2.75, 3.05) is 13.1 Å². The molecule has 4 rings (SSSR count). The van der Waals surface area contributed by atoms with E-state index in [9.17, 15) is 8.42 Å². The van der Waals surface area contributed by atoms with E-state index in [1.54, 1.807) is 15.9 Å². The van der Waals surface area contributed by atoms with Crippen molar-refractivity contribution in [1.29, 1.82) is 0 Å². The van der Waals surface area contributed by atoms with Crippen molar-refractivity contribution in [3.63, 3.8) is 0 Å². The Kier molecular flexibility index (Phi) is 4.84. The molecule has 0 N–H and O–H groups in total. The maximum Gasteiger partial charge on any atom is 0.246 e. The summed E-state index contributed by atoms with van der Waals surface area (Å²) >= 11 is 0. The van der Waals surface area contributed by atoms with Gasteiger partial charge in [-0.2, -0.15) is 14.4 Å². The van der Waals surface area contributed by atoms with Crippen LogP contribution in [0.15, 0.2) is 9.42 Å². The zero-order valence-corrected chi connectivity index (χ0v) is 17.0. The van der Waals surface area contributed by atoms with Gasteiger partial charge in [0.25, 0.3) is 0 Å². The molecule has 2 aromatic heterocycles. The molecular weight excluding hydrogens is 366 g/mol. The molecule has 8 nitrogen and oxygen atoms in total. The van der Waals surface area contributed by atoms with E-state index in [4.69, 9.17) is 4.52 Å². The monoisotopic (exact) mass is 393 g/mol. The Hall–Kier alpha value is -1.74. The molecule has 1 saturated carbocycles. The molecule has 9 heteroatoms. The topological polar surface area (TPSA) is 94.1 Å². The predicted molar refractivity (Wildman–Crippen MR) is 98.8 cm³/mol. The largest absolute Gasteiger partial charge is 0.339 e. The van der Waals surface area contributed by atoms with Crippen LogP contribution in [0.2, 0.25) is 0 Å². The van der Waals surface area contributed by atoms with Gasteiger partial charge in [0.15, 0.2) is 5.82 Å². The van der Waals surface area contributed by atoms with E-state index in [2.05, 4.69) is 15.2 Å². The lowest BCUT2D eigenvalue weighted by molar-refractivity contribution is 0.246. The quantitative estimate of drug-likeness (QED) is 0.748. The Morgan fingerprint density at radius 3 is 2.67 bits per heavy atom. The highest BCUT2D eigenvalue weighted by molar-refractivity contribution is 7.89. The number of aromatic nitrogens is 4. The van der Waals surface area contributed by atoms with E-state index >= 15 is 0 Å². The summed E-state index contributed by atoms with van der Waals surface area (Å²) in [5.74, 6) is 2.10. The van der Waals surface area contributed by atoms with Crippen LogP contribution in [-0.2, 0) is 23.0 Å². The maximum absolute atomic E-state index is 13.3. The Balaban J connectivity index is 1.50. The third-order valence-corrected chi connectivity index (χ3v) is 7.70. The van der Waals surface area contributed by atoms with Gasteiger partial charge in [0.1, 0.15) is 4.90 Å². The van der Waals surface area contributed by atoms with Gasteiger partial charge in [-0.3, -0.25) is 4.68 Å². The third kappa shape index (κ3) is 3.54. The molecule has 2 aromatic rings. The van der Waals surface area contributed by atoms with Crippen molar-refractivity contribution in [3.8, 4) is 0 Å². The number of nitrogens with zero attached hydrogens (tertiary/aromatic N) is 5. The lowest BCUT2D eigenvalue weighted by Crippen LogP contribution is -2.40. The Morgan fingerprint density at radius 1 is 1.22 bits per heavy atom. The molecule has 148 valence electrons. The molecule has 1 aliphatic carbocycles. The molecule has 0 spiro atoms. The van der Waals surface area contributed by atoms with Gasteiger partial charge in [-0.1, -0.05) is 5.16 Å². The number of rotatable bonds is 6. The van der Waals surface area contributed by atoms with Gasteiger partial charge in [-0.05, 0) is 52.4 Å². The number of hydrogen-bond donors (Lipinski definition) is 0. The van der Waals surface area contributed by atoms with Crippen molar-refractivity contribution in [1.82, 2.24) is 24.2 Å². The summed E-state index contributed by atoms with van der Waals surface area (Å²) < 4.78 is 35.3. The number of piperidine rings is 1. The molecule has 0 amide bonds. The van der Waals surface area contributed by atoms with Crippen LogP contribution >= 0.6 is 0 Å². The first-order valence-electron chi connectivity index (χ1n) is 9.76. The van der Waals surface area contributed by atoms with Crippen molar-refractivity contribution >= 4 is 10.0 Å². The van der Waals surface area contributed by atoms with Crippen molar-refractivity contribution in [3.05, 3.63) is 23.1 Å². The van der Waals surface area contributed by atoms with Gasteiger partial charge in [0, 0.05) is 32.0 Å². The van der Waals surface area contributed by atoms with Crippen LogP contribution in [0.25, 0.3) is 0 Å².